The van der Waals surface area contributed by atoms with Gasteiger partial charge in [-0.15, -0.1) is 11.3 Å². The Balaban J connectivity index is 1.56. The lowest BCUT2D eigenvalue weighted by Gasteiger charge is -2.10. The molecule has 2 N–H and O–H groups in total. The SMILES string of the molecule is Cc1c(S(=O)(=O)CCNC(=O)Nc2cccs2)c2ccccc2n1Cc1ccc(F)cc1. The lowest BCUT2D eigenvalue weighted by Crippen LogP contribution is -2.32. The largest absolute Gasteiger partial charge is 0.339 e. The number of hydrogen-bond donors (Lipinski definition) is 2. The smallest absolute Gasteiger partial charge is 0.319 e. The summed E-state index contributed by atoms with van der Waals surface area (Å²) in [6, 6.07) is 16.6. The van der Waals surface area contributed by atoms with Crippen molar-refractivity contribution in [2.45, 2.75) is 18.4 Å². The summed E-state index contributed by atoms with van der Waals surface area (Å²) in [7, 11) is -3.67. The maximum atomic E-state index is 13.3. The predicted molar refractivity (Wildman–Crippen MR) is 126 cm³/mol. The third-order valence-corrected chi connectivity index (χ3v) is 7.82. The first-order valence-corrected chi connectivity index (χ1v) is 12.5. The van der Waals surface area contributed by atoms with Crippen molar-refractivity contribution < 1.29 is 17.6 Å². The van der Waals surface area contributed by atoms with Crippen LogP contribution in [0.1, 0.15) is 11.3 Å². The number of carbonyl (C=O) groups excluding carboxylic acids is 1. The number of sulfone groups is 1. The Kier molecular flexibility index (Phi) is 6.29. The van der Waals surface area contributed by atoms with E-state index in [4.69, 9.17) is 0 Å². The molecule has 0 aliphatic carbocycles. The Morgan fingerprint density at radius 2 is 1.81 bits per heavy atom. The molecule has 0 saturated carbocycles. The van der Waals surface area contributed by atoms with Crippen LogP contribution in [-0.4, -0.2) is 31.3 Å². The van der Waals surface area contributed by atoms with Crippen LogP contribution in [0.25, 0.3) is 10.9 Å². The van der Waals surface area contributed by atoms with Crippen molar-refractivity contribution in [3.63, 3.8) is 0 Å². The van der Waals surface area contributed by atoms with Crippen LogP contribution in [-0.2, 0) is 16.4 Å². The Hall–Kier alpha value is -3.17. The Bertz CT molecular complexity index is 1350. The number of hydrogen-bond acceptors (Lipinski definition) is 4. The van der Waals surface area contributed by atoms with E-state index in [1.54, 1.807) is 37.3 Å². The maximum Gasteiger partial charge on any atom is 0.319 e. The van der Waals surface area contributed by atoms with Gasteiger partial charge >= 0.3 is 6.03 Å². The number of halogens is 1. The van der Waals surface area contributed by atoms with Crippen LogP contribution in [0.5, 0.6) is 0 Å². The van der Waals surface area contributed by atoms with Gasteiger partial charge in [-0.2, -0.15) is 0 Å². The molecule has 9 heteroatoms. The normalized spacial score (nSPS) is 11.6. The third-order valence-electron chi connectivity index (χ3n) is 5.15. The van der Waals surface area contributed by atoms with Gasteiger partial charge in [0.05, 0.1) is 15.6 Å². The lowest BCUT2D eigenvalue weighted by molar-refractivity contribution is 0.252. The van der Waals surface area contributed by atoms with E-state index < -0.39 is 15.9 Å². The third kappa shape index (κ3) is 4.68. The Morgan fingerprint density at radius 3 is 2.53 bits per heavy atom. The molecule has 2 heterocycles. The van der Waals surface area contributed by atoms with E-state index in [-0.39, 0.29) is 23.0 Å². The average molecular weight is 472 g/mol. The van der Waals surface area contributed by atoms with Gasteiger partial charge in [-0.1, -0.05) is 30.3 Å². The molecule has 166 valence electrons. The van der Waals surface area contributed by atoms with Gasteiger partial charge in [0, 0.05) is 29.7 Å². The number of aromatic nitrogens is 1. The molecular formula is C23H22FN3O3S2. The molecule has 2 amide bonds. The minimum absolute atomic E-state index is 0.0174. The number of para-hydroxylation sites is 1. The summed E-state index contributed by atoms with van der Waals surface area (Å²) in [6.07, 6.45) is 0. The highest BCUT2D eigenvalue weighted by molar-refractivity contribution is 7.91. The number of benzene rings is 2. The van der Waals surface area contributed by atoms with Crippen molar-refractivity contribution in [3.8, 4) is 0 Å². The molecule has 2 aromatic heterocycles. The van der Waals surface area contributed by atoms with Crippen LogP contribution in [0.4, 0.5) is 14.2 Å². The van der Waals surface area contributed by atoms with E-state index in [1.807, 2.05) is 28.1 Å². The molecule has 6 nitrogen and oxygen atoms in total. The fourth-order valence-corrected chi connectivity index (χ4v) is 5.93. The van der Waals surface area contributed by atoms with Crippen LogP contribution in [0.15, 0.2) is 70.9 Å². The molecule has 0 unspecified atom stereocenters. The summed E-state index contributed by atoms with van der Waals surface area (Å²) in [5.74, 6) is -0.544. The molecule has 0 radical (unpaired) electrons. The molecular weight excluding hydrogens is 449 g/mol. The van der Waals surface area contributed by atoms with E-state index in [0.29, 0.717) is 22.6 Å². The first-order valence-electron chi connectivity index (χ1n) is 9.98. The van der Waals surface area contributed by atoms with Crippen LogP contribution in [0.2, 0.25) is 0 Å². The van der Waals surface area contributed by atoms with Crippen molar-refractivity contribution in [3.05, 3.63) is 83.1 Å². The second-order valence-corrected chi connectivity index (χ2v) is 10.3. The number of anilines is 1. The van der Waals surface area contributed by atoms with Crippen LogP contribution >= 0.6 is 11.3 Å². The highest BCUT2D eigenvalue weighted by Gasteiger charge is 2.25. The molecule has 0 fully saturated rings. The minimum Gasteiger partial charge on any atom is -0.339 e. The highest BCUT2D eigenvalue weighted by atomic mass is 32.2. The van der Waals surface area contributed by atoms with Gasteiger partial charge in [0.15, 0.2) is 9.84 Å². The molecule has 0 bridgehead atoms. The van der Waals surface area contributed by atoms with Crippen LogP contribution in [0, 0.1) is 12.7 Å². The second-order valence-electron chi connectivity index (χ2n) is 7.32. The fourth-order valence-electron chi connectivity index (χ4n) is 3.67. The number of rotatable bonds is 7. The molecule has 0 aliphatic rings. The van der Waals surface area contributed by atoms with Gasteiger partial charge in [0.2, 0.25) is 0 Å². The second kappa shape index (κ2) is 9.13. The standard InChI is InChI=1S/C23H22FN3O3S2/c1-16-22(32(29,30)14-12-25-23(28)26-21-7-4-13-31-21)19-5-2-3-6-20(19)27(16)15-17-8-10-18(24)11-9-17/h2-11,13H,12,14-15H2,1H3,(H2,25,26,28). The number of fused-ring (bicyclic) bond motifs is 1. The van der Waals surface area contributed by atoms with Gasteiger partial charge in [-0.3, -0.25) is 5.32 Å². The maximum absolute atomic E-state index is 13.3. The van der Waals surface area contributed by atoms with Crippen LogP contribution < -0.4 is 10.6 Å². The number of amides is 2. The van der Waals surface area contributed by atoms with Crippen molar-refractivity contribution in [1.82, 2.24) is 9.88 Å². The summed E-state index contributed by atoms with van der Waals surface area (Å²) >= 11 is 1.38. The summed E-state index contributed by atoms with van der Waals surface area (Å²) in [4.78, 5) is 12.3. The van der Waals surface area contributed by atoms with Gasteiger partial charge < -0.3 is 9.88 Å². The highest BCUT2D eigenvalue weighted by Crippen LogP contribution is 2.31. The van der Waals surface area contributed by atoms with E-state index >= 15 is 0 Å². The monoisotopic (exact) mass is 471 g/mol. The zero-order valence-corrected chi connectivity index (χ0v) is 19.0. The number of thiophene rings is 1. The molecule has 0 atom stereocenters. The number of nitrogens with zero attached hydrogens (tertiary/aromatic N) is 1. The van der Waals surface area contributed by atoms with E-state index in [9.17, 15) is 17.6 Å². The average Bonchev–Trinajstić information content (AvgIpc) is 3.36. The van der Waals surface area contributed by atoms with Gasteiger partial charge in [0.25, 0.3) is 0 Å². The number of carbonyl (C=O) groups is 1. The van der Waals surface area contributed by atoms with Gasteiger partial charge in [-0.25, -0.2) is 17.6 Å². The predicted octanol–water partition coefficient (Wildman–Crippen LogP) is 4.79. The molecule has 4 aromatic rings. The zero-order chi connectivity index (χ0) is 22.7. The van der Waals surface area contributed by atoms with E-state index in [0.717, 1.165) is 11.1 Å². The quantitative estimate of drug-likeness (QED) is 0.407. The topological polar surface area (TPSA) is 80.2 Å². The number of urea groups is 1. The molecule has 0 spiro atoms. The van der Waals surface area contributed by atoms with Gasteiger partial charge in [-0.05, 0) is 48.2 Å². The first-order chi connectivity index (χ1) is 15.3. The van der Waals surface area contributed by atoms with Gasteiger partial charge in [0.1, 0.15) is 5.82 Å². The fraction of sp³-hybridized carbons (Fsp3) is 0.174. The summed E-state index contributed by atoms with van der Waals surface area (Å²) in [6.45, 7) is 2.17. The lowest BCUT2D eigenvalue weighted by atomic mass is 10.2. The minimum atomic E-state index is -3.67. The number of nitrogens with one attached hydrogen (secondary N) is 2. The molecule has 0 saturated heterocycles. The Morgan fingerprint density at radius 1 is 1.06 bits per heavy atom. The van der Waals surface area contributed by atoms with E-state index in [2.05, 4.69) is 10.6 Å². The molecule has 2 aromatic carbocycles. The van der Waals surface area contributed by atoms with Crippen molar-refractivity contribution in [1.29, 1.82) is 0 Å². The summed E-state index contributed by atoms with van der Waals surface area (Å²) < 4.78 is 41.7. The molecule has 32 heavy (non-hydrogen) atoms. The first kappa shape index (κ1) is 22.0. The van der Waals surface area contributed by atoms with Crippen molar-refractivity contribution >= 4 is 43.1 Å². The molecule has 4 rings (SSSR count). The van der Waals surface area contributed by atoms with Crippen LogP contribution in [0.3, 0.4) is 0 Å². The summed E-state index contributed by atoms with van der Waals surface area (Å²) in [5, 5.41) is 8.43. The zero-order valence-electron chi connectivity index (χ0n) is 17.3. The van der Waals surface area contributed by atoms with E-state index in [1.165, 1.54) is 23.5 Å². The molecule has 0 aliphatic heterocycles. The van der Waals surface area contributed by atoms with Crippen molar-refractivity contribution in [2.75, 3.05) is 17.6 Å². The summed E-state index contributed by atoms with van der Waals surface area (Å²) in [5.41, 5.74) is 2.26. The van der Waals surface area contributed by atoms with Crippen molar-refractivity contribution in [2.24, 2.45) is 0 Å². The Labute approximate surface area is 189 Å².